The smallest absolute Gasteiger partial charge is 0.353 e. The third-order valence-electron chi connectivity index (χ3n) is 4.33. The minimum absolute atomic E-state index is 0.00180. The van der Waals surface area contributed by atoms with E-state index >= 15 is 0 Å². The number of para-hydroxylation sites is 1. The van der Waals surface area contributed by atoms with E-state index in [-0.39, 0.29) is 12.2 Å². The number of carbonyl (C=O) groups excluding carboxylic acids is 1. The van der Waals surface area contributed by atoms with Gasteiger partial charge >= 0.3 is 6.18 Å². The lowest BCUT2D eigenvalue weighted by atomic mass is 10.1. The Labute approximate surface area is 170 Å². The first-order valence-corrected chi connectivity index (χ1v) is 9.24. The fourth-order valence-electron chi connectivity index (χ4n) is 2.99. The molecule has 1 saturated heterocycles. The van der Waals surface area contributed by atoms with Crippen molar-refractivity contribution in [2.75, 3.05) is 42.9 Å². The molecular weight excluding hydrogens is 416 g/mol. The number of rotatable bonds is 4. The molecule has 1 amide bonds. The summed E-state index contributed by atoms with van der Waals surface area (Å²) in [7, 11) is 0. The number of pyridine rings is 1. The molecular formula is C18H17Cl2F3N4O. The number of hydrogen-bond donors (Lipinski definition) is 1. The van der Waals surface area contributed by atoms with E-state index in [2.05, 4.69) is 10.3 Å². The van der Waals surface area contributed by atoms with Crippen LogP contribution in [0.3, 0.4) is 0 Å². The number of anilines is 2. The van der Waals surface area contributed by atoms with Gasteiger partial charge in [0, 0.05) is 32.4 Å². The molecule has 1 aromatic heterocycles. The van der Waals surface area contributed by atoms with E-state index in [0.717, 1.165) is 6.07 Å². The first-order chi connectivity index (χ1) is 13.2. The average molecular weight is 433 g/mol. The highest BCUT2D eigenvalue weighted by molar-refractivity contribution is 6.36. The number of aromatic nitrogens is 1. The van der Waals surface area contributed by atoms with Crippen LogP contribution in [-0.2, 0) is 11.0 Å². The Kier molecular flexibility index (Phi) is 6.32. The zero-order valence-electron chi connectivity index (χ0n) is 14.6. The van der Waals surface area contributed by atoms with Gasteiger partial charge in [-0.3, -0.25) is 9.69 Å². The SMILES string of the molecule is O=C(CN1CCN(c2ncc(Cl)cc2Cl)CC1)Nc1ccccc1C(F)(F)F. The van der Waals surface area contributed by atoms with Crippen molar-refractivity contribution in [2.24, 2.45) is 0 Å². The molecule has 1 fully saturated rings. The van der Waals surface area contributed by atoms with Crippen LogP contribution in [-0.4, -0.2) is 48.5 Å². The standard InChI is InChI=1S/C18H17Cl2F3N4O/c19-12-9-14(20)17(24-10-12)27-7-5-26(6-8-27)11-16(28)25-15-4-2-1-3-13(15)18(21,22)23/h1-4,9-10H,5-8,11H2,(H,25,28). The first-order valence-electron chi connectivity index (χ1n) is 8.48. The lowest BCUT2D eigenvalue weighted by Crippen LogP contribution is -2.49. The monoisotopic (exact) mass is 432 g/mol. The Morgan fingerprint density at radius 3 is 2.46 bits per heavy atom. The van der Waals surface area contributed by atoms with E-state index in [1.54, 1.807) is 6.07 Å². The summed E-state index contributed by atoms with van der Waals surface area (Å²) < 4.78 is 39.1. The molecule has 5 nitrogen and oxygen atoms in total. The lowest BCUT2D eigenvalue weighted by molar-refractivity contribution is -0.137. The van der Waals surface area contributed by atoms with Crippen LogP contribution in [0.25, 0.3) is 0 Å². The molecule has 0 unspecified atom stereocenters. The molecule has 1 N–H and O–H groups in total. The molecule has 150 valence electrons. The van der Waals surface area contributed by atoms with Crippen LogP contribution >= 0.6 is 23.2 Å². The van der Waals surface area contributed by atoms with Gasteiger partial charge in [0.15, 0.2) is 0 Å². The molecule has 3 rings (SSSR count). The van der Waals surface area contributed by atoms with Crippen LogP contribution in [0.2, 0.25) is 10.0 Å². The normalized spacial score (nSPS) is 15.5. The summed E-state index contributed by atoms with van der Waals surface area (Å²) in [6, 6.07) is 6.54. The van der Waals surface area contributed by atoms with E-state index in [1.165, 1.54) is 24.4 Å². The van der Waals surface area contributed by atoms with Crippen LogP contribution in [0.5, 0.6) is 0 Å². The number of halogens is 5. The number of nitrogens with one attached hydrogen (secondary N) is 1. The molecule has 0 spiro atoms. The molecule has 0 saturated carbocycles. The highest BCUT2D eigenvalue weighted by Crippen LogP contribution is 2.34. The summed E-state index contributed by atoms with van der Waals surface area (Å²) in [5, 5.41) is 3.25. The maximum atomic E-state index is 13.0. The molecule has 0 aliphatic carbocycles. The topological polar surface area (TPSA) is 48.5 Å². The maximum absolute atomic E-state index is 13.0. The van der Waals surface area contributed by atoms with Gasteiger partial charge in [0.1, 0.15) is 5.82 Å². The Balaban J connectivity index is 1.56. The second-order valence-corrected chi connectivity index (χ2v) is 7.16. The first kappa shape index (κ1) is 20.7. The number of piperazine rings is 1. The van der Waals surface area contributed by atoms with Crippen molar-refractivity contribution in [1.82, 2.24) is 9.88 Å². The largest absolute Gasteiger partial charge is 0.418 e. The van der Waals surface area contributed by atoms with Crippen LogP contribution in [0.4, 0.5) is 24.7 Å². The molecule has 1 aliphatic heterocycles. The molecule has 1 aliphatic rings. The molecule has 0 radical (unpaired) electrons. The van der Waals surface area contributed by atoms with Gasteiger partial charge in [-0.2, -0.15) is 13.2 Å². The van der Waals surface area contributed by atoms with Crippen molar-refractivity contribution in [3.05, 3.63) is 52.1 Å². The van der Waals surface area contributed by atoms with Crippen LogP contribution in [0.15, 0.2) is 36.5 Å². The fourth-order valence-corrected chi connectivity index (χ4v) is 3.49. The van der Waals surface area contributed by atoms with Gasteiger partial charge in [-0.15, -0.1) is 0 Å². The number of alkyl halides is 3. The quantitative estimate of drug-likeness (QED) is 0.787. The van der Waals surface area contributed by atoms with Crippen molar-refractivity contribution in [1.29, 1.82) is 0 Å². The molecule has 1 aromatic carbocycles. The lowest BCUT2D eigenvalue weighted by Gasteiger charge is -2.35. The maximum Gasteiger partial charge on any atom is 0.418 e. The molecule has 28 heavy (non-hydrogen) atoms. The van der Waals surface area contributed by atoms with E-state index in [1.807, 2.05) is 9.80 Å². The predicted octanol–water partition coefficient (Wildman–Crippen LogP) is 4.17. The van der Waals surface area contributed by atoms with Crippen LogP contribution in [0, 0.1) is 0 Å². The van der Waals surface area contributed by atoms with Gasteiger partial charge in [0.2, 0.25) is 5.91 Å². The van der Waals surface area contributed by atoms with Gasteiger partial charge in [0.25, 0.3) is 0 Å². The van der Waals surface area contributed by atoms with Gasteiger partial charge in [-0.1, -0.05) is 35.3 Å². The Morgan fingerprint density at radius 2 is 1.82 bits per heavy atom. The number of benzene rings is 1. The zero-order valence-corrected chi connectivity index (χ0v) is 16.2. The number of hydrogen-bond acceptors (Lipinski definition) is 4. The summed E-state index contributed by atoms with van der Waals surface area (Å²) in [6.07, 6.45) is -3.01. The van der Waals surface area contributed by atoms with Gasteiger partial charge < -0.3 is 10.2 Å². The van der Waals surface area contributed by atoms with E-state index in [4.69, 9.17) is 23.2 Å². The van der Waals surface area contributed by atoms with E-state index in [9.17, 15) is 18.0 Å². The van der Waals surface area contributed by atoms with Crippen LogP contribution in [0.1, 0.15) is 5.56 Å². The highest BCUT2D eigenvalue weighted by Gasteiger charge is 2.33. The van der Waals surface area contributed by atoms with Crippen molar-refractivity contribution in [3.8, 4) is 0 Å². The zero-order chi connectivity index (χ0) is 20.3. The number of carbonyl (C=O) groups is 1. The number of amides is 1. The summed E-state index contributed by atoms with van der Waals surface area (Å²) in [4.78, 5) is 20.3. The summed E-state index contributed by atoms with van der Waals surface area (Å²) in [6.45, 7) is 2.27. The fraction of sp³-hybridized carbons (Fsp3) is 0.333. The Morgan fingerprint density at radius 1 is 1.14 bits per heavy atom. The van der Waals surface area contributed by atoms with Gasteiger partial charge in [-0.25, -0.2) is 4.98 Å². The second-order valence-electron chi connectivity index (χ2n) is 6.31. The highest BCUT2D eigenvalue weighted by atomic mass is 35.5. The van der Waals surface area contributed by atoms with Crippen molar-refractivity contribution in [2.45, 2.75) is 6.18 Å². The summed E-state index contributed by atoms with van der Waals surface area (Å²) in [5.74, 6) is 0.127. The van der Waals surface area contributed by atoms with Crippen molar-refractivity contribution in [3.63, 3.8) is 0 Å². The molecule has 10 heteroatoms. The minimum Gasteiger partial charge on any atom is -0.353 e. The summed E-state index contributed by atoms with van der Waals surface area (Å²) >= 11 is 12.0. The number of nitrogens with zero attached hydrogens (tertiary/aromatic N) is 3. The Hall–Kier alpha value is -2.03. The molecule has 0 atom stereocenters. The molecule has 2 aromatic rings. The van der Waals surface area contributed by atoms with E-state index in [0.29, 0.717) is 42.0 Å². The molecule has 0 bridgehead atoms. The van der Waals surface area contributed by atoms with Gasteiger partial charge in [-0.05, 0) is 18.2 Å². The summed E-state index contributed by atoms with van der Waals surface area (Å²) in [5.41, 5.74) is -1.10. The van der Waals surface area contributed by atoms with E-state index < -0.39 is 17.6 Å². The molecule has 2 heterocycles. The third-order valence-corrected chi connectivity index (χ3v) is 4.82. The second kappa shape index (κ2) is 8.55. The van der Waals surface area contributed by atoms with Crippen LogP contribution < -0.4 is 10.2 Å². The Bertz CT molecular complexity index is 855. The third kappa shape index (κ3) is 5.06. The minimum atomic E-state index is -4.53. The average Bonchev–Trinajstić information content (AvgIpc) is 2.62. The van der Waals surface area contributed by atoms with Crippen molar-refractivity contribution >= 4 is 40.6 Å². The van der Waals surface area contributed by atoms with Crippen molar-refractivity contribution < 1.29 is 18.0 Å². The predicted molar refractivity (Wildman–Crippen MR) is 103 cm³/mol. The van der Waals surface area contributed by atoms with Gasteiger partial charge in [0.05, 0.1) is 27.8 Å².